The Morgan fingerprint density at radius 2 is 1.67 bits per heavy atom. The van der Waals surface area contributed by atoms with Crippen molar-refractivity contribution in [3.8, 4) is 0 Å². The predicted molar refractivity (Wildman–Crippen MR) is 197 cm³/mol. The highest BCUT2D eigenvalue weighted by Crippen LogP contribution is 2.60. The fraction of sp³-hybridized carbons (Fsp3) is 0.433. The average Bonchev–Trinajstić information content (AvgIpc) is 3.70. The molecule has 0 spiro atoms. The van der Waals surface area contributed by atoms with E-state index in [9.17, 15) is 54.0 Å². The number of fused-ring (bicyclic) bond motifs is 3. The maximum atomic E-state index is 13.1. The highest BCUT2D eigenvalue weighted by Gasteiger charge is 2.46. The number of benzene rings is 1. The van der Waals surface area contributed by atoms with Crippen molar-refractivity contribution in [2.24, 2.45) is 5.73 Å². The lowest BCUT2D eigenvalue weighted by Gasteiger charge is -2.39. The van der Waals surface area contributed by atoms with Crippen molar-refractivity contribution in [1.82, 2.24) is 29.5 Å². The van der Waals surface area contributed by atoms with Crippen LogP contribution in [0.3, 0.4) is 0 Å². The third-order valence-electron chi connectivity index (χ3n) is 9.11. The summed E-state index contributed by atoms with van der Waals surface area (Å²) >= 11 is 0. The lowest BCUT2D eigenvalue weighted by Crippen LogP contribution is -2.47. The van der Waals surface area contributed by atoms with Gasteiger partial charge in [-0.3, -0.25) is 28.4 Å². The van der Waals surface area contributed by atoms with Crippen LogP contribution in [-0.2, 0) is 27.2 Å². The number of nitrogens with two attached hydrogens (primary N) is 2. The van der Waals surface area contributed by atoms with Crippen molar-refractivity contribution in [3.63, 3.8) is 0 Å². The van der Waals surface area contributed by atoms with Gasteiger partial charge in [0.25, 0.3) is 5.56 Å². The molecule has 0 radical (unpaired) electrons. The molecular formula is C30H40N10O15P2. The molecule has 4 aromatic rings. The fourth-order valence-electron chi connectivity index (χ4n) is 6.15. The standard InChI is InChI=1S/C30H40N10O15P2/c1-13-6-15-16(7-14(13)2)39(27-21(38(15)5-3-4-31)28(46)37-30(47)36-27)8-17(41)22(43)18(42)9-52-56(48,49)55-57(50,51)53-10-19-23(44)24(45)29(54-19)40-12-35-20-25(32)33-11-34-26(20)40/h3,5-7,11-12,17-19,22-24,29,41-45H,4,8-10,31H2,1-2H3,(H,48,49)(H,50,51)(H2,32,33,34)(H2,36,37,46,47)/b5-3+/t17-,18+,19+,22-,23+,24+,29+/m0/s1. The molecule has 9 atom stereocenters. The van der Waals surface area contributed by atoms with E-state index in [0.717, 1.165) is 17.5 Å². The quantitative estimate of drug-likeness (QED) is 0.0583. The summed E-state index contributed by atoms with van der Waals surface area (Å²) in [7, 11) is -11.1. The molecule has 0 amide bonds. The van der Waals surface area contributed by atoms with Gasteiger partial charge in [0, 0.05) is 12.7 Å². The average molecular weight is 843 g/mol. The maximum absolute atomic E-state index is 13.1. The summed E-state index contributed by atoms with van der Waals surface area (Å²) in [4.78, 5) is 65.2. The van der Waals surface area contributed by atoms with E-state index in [4.69, 9.17) is 20.7 Å². The second kappa shape index (κ2) is 16.4. The molecule has 3 aromatic heterocycles. The van der Waals surface area contributed by atoms with Crippen molar-refractivity contribution >= 4 is 55.5 Å². The van der Waals surface area contributed by atoms with Crippen molar-refractivity contribution in [3.05, 3.63) is 69.0 Å². The van der Waals surface area contributed by atoms with E-state index in [1.54, 1.807) is 25.1 Å². The van der Waals surface area contributed by atoms with Gasteiger partial charge < -0.3 is 61.3 Å². The zero-order valence-electron chi connectivity index (χ0n) is 30.0. The van der Waals surface area contributed by atoms with Crippen LogP contribution in [0.4, 0.5) is 28.7 Å². The first-order valence-corrected chi connectivity index (χ1v) is 19.9. The number of hydrogen-bond donors (Lipinski definition) is 11. The molecule has 0 aliphatic carbocycles. The van der Waals surface area contributed by atoms with Crippen LogP contribution in [0.15, 0.2) is 46.7 Å². The molecule has 1 saturated heterocycles. The number of imidazole rings is 1. The molecule has 2 unspecified atom stereocenters. The molecule has 25 nitrogen and oxygen atoms in total. The van der Waals surface area contributed by atoms with E-state index in [-0.39, 0.29) is 35.0 Å². The Morgan fingerprint density at radius 1 is 0.982 bits per heavy atom. The summed E-state index contributed by atoms with van der Waals surface area (Å²) in [6, 6.07) is 3.45. The molecule has 57 heavy (non-hydrogen) atoms. The van der Waals surface area contributed by atoms with Gasteiger partial charge in [0.15, 0.2) is 23.4 Å². The van der Waals surface area contributed by atoms with Crippen LogP contribution in [0.1, 0.15) is 17.4 Å². The zero-order chi connectivity index (χ0) is 41.6. The number of aromatic nitrogens is 6. The van der Waals surface area contributed by atoms with Crippen LogP contribution >= 0.6 is 15.6 Å². The van der Waals surface area contributed by atoms with E-state index in [0.29, 0.717) is 11.4 Å². The summed E-state index contributed by atoms with van der Waals surface area (Å²) in [5.41, 5.74) is 12.4. The van der Waals surface area contributed by atoms with Gasteiger partial charge in [0.05, 0.1) is 37.5 Å². The summed E-state index contributed by atoms with van der Waals surface area (Å²) in [6.07, 6.45) is -6.88. The topological polar surface area (TPSA) is 381 Å². The monoisotopic (exact) mass is 842 g/mol. The SMILES string of the molecule is Cc1cc2c(cc1C)N(C[C@H](O)[C@H](O)[C@H](O)COP(=O)(O)OP(=O)(O)OC[C@H]1O[C@@H](n3cnc4c(N)ncnc43)[C@H](O)[C@@H]1O)c1[nH]c(=O)[nH]c(=O)c1N2/C=C/CN. The summed E-state index contributed by atoms with van der Waals surface area (Å²) in [5.74, 6) is -0.0546. The largest absolute Gasteiger partial charge is 0.481 e. The zero-order valence-corrected chi connectivity index (χ0v) is 31.8. The number of nitrogen functional groups attached to an aromatic ring is 1. The first-order valence-electron chi connectivity index (χ1n) is 16.9. The molecule has 2 aliphatic rings. The molecule has 2 aliphatic heterocycles. The van der Waals surface area contributed by atoms with Crippen LogP contribution in [0, 0.1) is 13.8 Å². The Labute approximate surface area is 320 Å². The lowest BCUT2D eigenvalue weighted by atomic mass is 10.0. The minimum absolute atomic E-state index is 0.0281. The number of anilines is 5. The van der Waals surface area contributed by atoms with Gasteiger partial charge in [-0.15, -0.1) is 0 Å². The second-order valence-corrected chi connectivity index (χ2v) is 16.0. The Hall–Kier alpha value is -4.43. The van der Waals surface area contributed by atoms with Crippen molar-refractivity contribution in [1.29, 1.82) is 0 Å². The third kappa shape index (κ3) is 8.72. The first-order chi connectivity index (χ1) is 26.8. The number of aliphatic hydroxyl groups excluding tert-OH is 5. The molecule has 0 saturated carbocycles. The Bertz CT molecular complexity index is 2380. The molecule has 310 valence electrons. The Balaban J connectivity index is 1.08. The van der Waals surface area contributed by atoms with Gasteiger partial charge in [-0.05, 0) is 37.1 Å². The minimum Gasteiger partial charge on any atom is -0.388 e. The molecule has 13 N–H and O–H groups in total. The number of aryl methyl sites for hydroxylation is 2. The van der Waals surface area contributed by atoms with E-state index < -0.39 is 89.5 Å². The number of phosphoric ester groups is 2. The number of aromatic amines is 2. The van der Waals surface area contributed by atoms with Crippen LogP contribution in [0.25, 0.3) is 11.2 Å². The number of rotatable bonds is 15. The third-order valence-corrected chi connectivity index (χ3v) is 11.7. The summed E-state index contributed by atoms with van der Waals surface area (Å²) < 4.78 is 45.6. The molecule has 6 rings (SSSR count). The molecule has 5 heterocycles. The van der Waals surface area contributed by atoms with E-state index in [2.05, 4.69) is 33.8 Å². The number of H-pyrrole nitrogens is 2. The highest BCUT2D eigenvalue weighted by molar-refractivity contribution is 7.61. The Morgan fingerprint density at radius 3 is 2.37 bits per heavy atom. The molecule has 27 heteroatoms. The van der Waals surface area contributed by atoms with Crippen LogP contribution < -0.4 is 32.5 Å². The number of phosphoric acid groups is 2. The molecule has 1 fully saturated rings. The number of ether oxygens (including phenoxy) is 1. The van der Waals surface area contributed by atoms with Crippen LogP contribution in [0.2, 0.25) is 0 Å². The normalized spacial score (nSPS) is 23.3. The molecule has 1 aromatic carbocycles. The van der Waals surface area contributed by atoms with Crippen molar-refractivity contribution in [2.75, 3.05) is 41.8 Å². The van der Waals surface area contributed by atoms with E-state index in [1.165, 1.54) is 26.9 Å². The fourth-order valence-corrected chi connectivity index (χ4v) is 8.25. The second-order valence-electron chi connectivity index (χ2n) is 13.0. The van der Waals surface area contributed by atoms with Gasteiger partial charge in [-0.25, -0.2) is 28.9 Å². The van der Waals surface area contributed by atoms with Crippen LogP contribution in [0.5, 0.6) is 0 Å². The van der Waals surface area contributed by atoms with Crippen molar-refractivity contribution < 1.29 is 62.5 Å². The molecule has 0 bridgehead atoms. The van der Waals surface area contributed by atoms with Crippen LogP contribution in [-0.4, -0.2) is 128 Å². The summed E-state index contributed by atoms with van der Waals surface area (Å²) in [6.45, 7) is 0.971. The number of hydrogen-bond acceptors (Lipinski definition) is 20. The number of nitrogens with one attached hydrogen (secondary N) is 2. The van der Waals surface area contributed by atoms with Gasteiger partial charge in [-0.2, -0.15) is 4.31 Å². The van der Waals surface area contributed by atoms with Gasteiger partial charge >= 0.3 is 21.3 Å². The van der Waals surface area contributed by atoms with Crippen molar-refractivity contribution in [2.45, 2.75) is 56.7 Å². The highest BCUT2D eigenvalue weighted by atomic mass is 31.3. The number of β-amino-alcohol motifs (C(OH)–C–C–N with tert-alkyl or cyclic N) is 1. The first kappa shape index (κ1) is 42.2. The predicted octanol–water partition coefficient (Wildman–Crippen LogP) is -1.88. The number of aliphatic hydroxyl groups is 5. The maximum Gasteiger partial charge on any atom is 0.481 e. The summed E-state index contributed by atoms with van der Waals surface area (Å²) in [5, 5.41) is 53.6. The van der Waals surface area contributed by atoms with E-state index in [1.807, 2.05) is 6.92 Å². The van der Waals surface area contributed by atoms with E-state index >= 15 is 0 Å². The van der Waals surface area contributed by atoms with Gasteiger partial charge in [0.1, 0.15) is 54.3 Å². The van der Waals surface area contributed by atoms with Gasteiger partial charge in [-0.1, -0.05) is 6.08 Å². The molecular weight excluding hydrogens is 802 g/mol. The minimum atomic E-state index is -5.56. The smallest absolute Gasteiger partial charge is 0.388 e. The van der Waals surface area contributed by atoms with Gasteiger partial charge in [0.2, 0.25) is 0 Å². The number of nitrogens with zero attached hydrogens (tertiary/aromatic N) is 6. The Kier molecular flexibility index (Phi) is 12.2. The lowest BCUT2D eigenvalue weighted by molar-refractivity contribution is -0.0719.